The number of carbonyl (C=O) groups is 16. The zero-order valence-corrected chi connectivity index (χ0v) is 74.7. The van der Waals surface area contributed by atoms with Crippen LogP contribution in [0.4, 0.5) is 0 Å². The first-order chi connectivity index (χ1) is 62.2. The van der Waals surface area contributed by atoms with Gasteiger partial charge in [-0.1, -0.05) is 82.1 Å². The highest BCUT2D eigenvalue weighted by Crippen LogP contribution is 2.29. The second-order valence-electron chi connectivity index (χ2n) is 33.9. The number of nitrogens with one attached hydrogen (secondary N) is 13. The van der Waals surface area contributed by atoms with E-state index in [9.17, 15) is 58.5 Å². The quantitative estimate of drug-likeness (QED) is 0.0309. The number of hydrogen-bond acceptors (Lipinski definition) is 23. The van der Waals surface area contributed by atoms with Crippen LogP contribution in [-0.4, -0.2) is 310 Å². The molecule has 0 aliphatic carbocycles. The van der Waals surface area contributed by atoms with Gasteiger partial charge in [-0.3, -0.25) is 76.7 Å². The van der Waals surface area contributed by atoms with Gasteiger partial charge in [-0.2, -0.15) is 0 Å². The molecule has 0 radical (unpaired) electrons. The van der Waals surface area contributed by atoms with Crippen molar-refractivity contribution >= 4 is 128 Å². The number of aliphatic hydroxyl groups excluding tert-OH is 2. The number of H-pyrrole nitrogens is 3. The molecule has 4 fully saturated rings. The molecule has 42 heteroatoms. The van der Waals surface area contributed by atoms with Gasteiger partial charge in [-0.15, -0.1) is 11.8 Å². The molecule has 10 rings (SSSR count). The largest absolute Gasteiger partial charge is 0.508 e. The van der Waals surface area contributed by atoms with E-state index in [1.54, 1.807) is 74.8 Å². The van der Waals surface area contributed by atoms with Gasteiger partial charge >= 0.3 is 0 Å². The highest BCUT2D eigenvalue weighted by molar-refractivity contribution is 8.00. The number of unbranched alkanes of at least 4 members (excludes halogenated alkanes) is 1. The number of phenols is 1. The molecule has 4 saturated heterocycles. The Hall–Kier alpha value is -12.5. The number of likely N-dealkylation sites (N-methyl/N-ethyl adjacent to an activating group) is 2. The minimum absolute atomic E-state index is 0.00287. The van der Waals surface area contributed by atoms with Crippen molar-refractivity contribution < 1.29 is 92.0 Å². The smallest absolute Gasteiger partial charge is 0.246 e. The summed E-state index contributed by atoms with van der Waals surface area (Å²) >= 11 is 0.812. The lowest BCUT2D eigenvalue weighted by Crippen LogP contribution is -2.61. The van der Waals surface area contributed by atoms with Gasteiger partial charge in [0.25, 0.3) is 0 Å². The van der Waals surface area contributed by atoms with Crippen molar-refractivity contribution in [2.24, 2.45) is 23.1 Å². The molecule has 15 atom stereocenters. The lowest BCUT2D eigenvalue weighted by Gasteiger charge is -2.35. The van der Waals surface area contributed by atoms with Crippen LogP contribution in [0.2, 0.25) is 0 Å². The Morgan fingerprint density at radius 1 is 0.554 bits per heavy atom. The number of amides is 16. The monoisotopic (exact) mass is 1820 g/mol. The van der Waals surface area contributed by atoms with Gasteiger partial charge < -0.3 is 125 Å². The first kappa shape index (κ1) is 99.6. The summed E-state index contributed by atoms with van der Waals surface area (Å²) in [5.74, 6) is -15.2. The van der Waals surface area contributed by atoms with Crippen LogP contribution in [0.1, 0.15) is 134 Å². The van der Waals surface area contributed by atoms with Crippen molar-refractivity contribution in [2.45, 2.75) is 228 Å². The highest BCUT2D eigenvalue weighted by atomic mass is 32.2. The van der Waals surface area contributed by atoms with E-state index in [2.05, 4.69) is 73.1 Å². The first-order valence-corrected chi connectivity index (χ1v) is 45.2. The third-order valence-corrected chi connectivity index (χ3v) is 25.0. The fourth-order valence-electron chi connectivity index (χ4n) is 16.8. The van der Waals surface area contributed by atoms with Gasteiger partial charge in [0.2, 0.25) is 94.5 Å². The van der Waals surface area contributed by atoms with Gasteiger partial charge in [0.1, 0.15) is 96.6 Å². The molecular formula is C88H122N22O19S. The van der Waals surface area contributed by atoms with E-state index in [0.717, 1.165) is 21.6 Å². The molecule has 1 unspecified atom stereocenters. The average molecular weight is 1820 g/mol. The maximum Gasteiger partial charge on any atom is 0.246 e. The van der Waals surface area contributed by atoms with Crippen molar-refractivity contribution in [1.82, 2.24) is 97.6 Å². The topological polar surface area (TPSA) is 609 Å². The molecule has 7 heterocycles. The highest BCUT2D eigenvalue weighted by Gasteiger charge is 2.46. The summed E-state index contributed by atoms with van der Waals surface area (Å²) in [5, 5.41) is 59.7. The van der Waals surface area contributed by atoms with Crippen molar-refractivity contribution in [2.75, 3.05) is 64.9 Å². The molecule has 0 bridgehead atoms. The number of aromatic amines is 3. The SMILES string of the molecule is CCCC[C@H]1C(=O)N2CCC[C@@H]2C(=O)N[C@@H](CCCN)C(=O)N[C@H](C(=O)NCC(N)O)CSCC(=O)N[C@@H](Cc2ccc(O)cc2)C(=O)N(C)[C@@H](C)C(=O)N[C@@H](CC(N)=O)C(=O)N2CCC[C@H]2C(=O)N[C@@H](Cc2cnc[nH]2)C(=O)N[C@@H](CC(C)C)C(=O)N2CCC[C@H]2C(=O)N[C@@H](Cc2c[nH]c3ccccc23)C(=O)N[C@@H](CO)C(=O)N[C@@H](Cc2c[nH]c3ccccc23)C(=O)N1C. The summed E-state index contributed by atoms with van der Waals surface area (Å²) in [6.45, 7) is 5.18. The third kappa shape index (κ3) is 26.4. The number of nitrogens with zero attached hydrogens (tertiary/aromatic N) is 6. The van der Waals surface area contributed by atoms with Crippen LogP contribution in [0.5, 0.6) is 5.75 Å². The van der Waals surface area contributed by atoms with Crippen molar-refractivity contribution in [1.29, 1.82) is 0 Å². The number of benzene rings is 3. The molecule has 3 aromatic heterocycles. The van der Waals surface area contributed by atoms with Crippen LogP contribution in [-0.2, 0) is 102 Å². The minimum atomic E-state index is -1.82. The second-order valence-corrected chi connectivity index (χ2v) is 35.0. The van der Waals surface area contributed by atoms with E-state index in [1.165, 1.54) is 72.5 Å². The number of thioether (sulfide) groups is 1. The lowest BCUT2D eigenvalue weighted by atomic mass is 10.0. The number of aliphatic hydroxyl groups is 2. The minimum Gasteiger partial charge on any atom is -0.508 e. The molecule has 0 saturated carbocycles. The average Bonchev–Trinajstić information content (AvgIpc) is 1.55. The number of hydrogen-bond donors (Lipinski definition) is 19. The summed E-state index contributed by atoms with van der Waals surface area (Å²) in [7, 11) is 2.62. The van der Waals surface area contributed by atoms with E-state index in [-0.39, 0.29) is 127 Å². The molecule has 6 aromatic rings. The van der Waals surface area contributed by atoms with Gasteiger partial charge in [0, 0.05) is 111 Å². The van der Waals surface area contributed by atoms with Crippen molar-refractivity contribution in [3.63, 3.8) is 0 Å². The third-order valence-electron chi connectivity index (χ3n) is 23.9. The van der Waals surface area contributed by atoms with Crippen LogP contribution < -0.4 is 70.4 Å². The van der Waals surface area contributed by atoms with Gasteiger partial charge in [0.15, 0.2) is 0 Å². The van der Waals surface area contributed by atoms with Crippen LogP contribution in [0.15, 0.2) is 97.7 Å². The summed E-state index contributed by atoms with van der Waals surface area (Å²) in [6.07, 6.45) is 4.74. The number of carbonyl (C=O) groups excluding carboxylic acids is 16. The Morgan fingerprint density at radius 2 is 1.05 bits per heavy atom. The molecule has 41 nitrogen and oxygen atoms in total. The Bertz CT molecular complexity index is 5010. The lowest BCUT2D eigenvalue weighted by molar-refractivity contribution is -0.149. The van der Waals surface area contributed by atoms with E-state index in [1.807, 2.05) is 6.92 Å². The van der Waals surface area contributed by atoms with E-state index >= 15 is 33.6 Å². The van der Waals surface area contributed by atoms with E-state index in [4.69, 9.17) is 17.2 Å². The van der Waals surface area contributed by atoms with E-state index < -0.39 is 211 Å². The van der Waals surface area contributed by atoms with Crippen molar-refractivity contribution in [3.8, 4) is 5.75 Å². The molecule has 3 aromatic carbocycles. The van der Waals surface area contributed by atoms with Crippen LogP contribution in [0.3, 0.4) is 0 Å². The molecule has 4 aliphatic heterocycles. The zero-order chi connectivity index (χ0) is 94.2. The number of rotatable bonds is 22. The fraction of sp³-hybridized carbons (Fsp3) is 0.534. The molecular weight excluding hydrogens is 1700 g/mol. The van der Waals surface area contributed by atoms with Crippen LogP contribution in [0.25, 0.3) is 21.8 Å². The standard InChI is InChI=1S/C88H122N22O19S/c1-7-8-22-71-88(129)110-33-16-25-70(110)81(122)98-59(21-13-30-89)77(118)105-67(76(117)95-43-73(91)114)45-130-46-74(115)97-63(35-50-26-28-54(112)29-27-50)84(125)106(5)49(4)75(116)101-65(39-72(90)113)87(128)109-32-15-24-69(109)83(124)100-61(38-53-42-92-47-96-53)79(120)102-62(34-48(2)3)86(127)108-31-14-23-68(108)82(123)99-60(36-51-40-93-57-19-11-9-17-55(51)57)78(119)104-66(44-111)80(121)103-64(85(126)107(71)6)37-52-41-94-58-20-12-10-18-56(52)58/h9-12,17-20,26-29,40-42,47-49,59-71,73,93-94,111-112,114H,7-8,13-16,21-25,30-39,43-46,89,91H2,1-6H3,(H2,90,113)(H,92,96)(H,95,117)(H,97,115)(H,98,122)(H,99,123)(H,100,124)(H,101,116)(H,102,120)(H,103,121)(H,104,119)(H,105,118)/t49-,59-,60-,61-,62-,63-,64-,65-,66-,67-,68-,69-,70+,71-,73?/m0/s1. The summed E-state index contributed by atoms with van der Waals surface area (Å²) in [4.78, 5) is 256. The number of phenolic OH excluding ortho intramolecular Hbond substituents is 1. The van der Waals surface area contributed by atoms with Gasteiger partial charge in [-0.25, -0.2) is 4.98 Å². The Kier molecular flexibility index (Phi) is 36.1. The maximum atomic E-state index is 15.6. The Balaban J connectivity index is 0.993. The molecule has 704 valence electrons. The number of primary amides is 1. The predicted molar refractivity (Wildman–Crippen MR) is 477 cm³/mol. The Labute approximate surface area is 755 Å². The summed E-state index contributed by atoms with van der Waals surface area (Å²) in [5.41, 5.74) is 20.5. The molecule has 0 spiro atoms. The number of imidazole rings is 1. The summed E-state index contributed by atoms with van der Waals surface area (Å²) < 4.78 is 0. The second kappa shape index (κ2) is 47.1. The normalized spacial score (nSPS) is 25.5. The number of nitrogens with two attached hydrogens (primary N) is 3. The molecule has 4 aliphatic rings. The van der Waals surface area contributed by atoms with Crippen LogP contribution in [0, 0.1) is 5.92 Å². The first-order valence-electron chi connectivity index (χ1n) is 44.1. The van der Waals surface area contributed by atoms with E-state index in [0.29, 0.717) is 63.5 Å². The molecule has 22 N–H and O–H groups in total. The Morgan fingerprint density at radius 3 is 1.58 bits per heavy atom. The zero-order valence-electron chi connectivity index (χ0n) is 73.9. The maximum absolute atomic E-state index is 15.6. The number of aromatic hydroxyl groups is 1. The summed E-state index contributed by atoms with van der Waals surface area (Å²) in [6, 6.07) is -0.603. The fourth-order valence-corrected chi connectivity index (χ4v) is 17.7. The van der Waals surface area contributed by atoms with Crippen LogP contribution >= 0.6 is 11.8 Å². The van der Waals surface area contributed by atoms with Crippen molar-refractivity contribution in [3.05, 3.63) is 120 Å². The molecule has 130 heavy (non-hydrogen) atoms. The van der Waals surface area contributed by atoms with Gasteiger partial charge in [0.05, 0.1) is 31.7 Å². The number of aromatic nitrogens is 4. The number of para-hydroxylation sites is 2. The molecule has 16 amide bonds. The predicted octanol–water partition coefficient (Wildman–Crippen LogP) is -2.66. The number of fused-ring (bicyclic) bond motifs is 5. The van der Waals surface area contributed by atoms with Gasteiger partial charge in [-0.05, 0) is 125 Å².